The number of hydrogen-bond acceptors (Lipinski definition) is 6. The summed E-state index contributed by atoms with van der Waals surface area (Å²) in [5, 5.41) is 14.7. The molecule has 2 N–H and O–H groups in total. The van der Waals surface area contributed by atoms with Crippen LogP contribution in [0.5, 0.6) is 0 Å². The molecule has 2 aromatic carbocycles. The Kier molecular flexibility index (Phi) is 5.46. The van der Waals surface area contributed by atoms with Crippen LogP contribution in [0.2, 0.25) is 0 Å². The highest BCUT2D eigenvalue weighted by Crippen LogP contribution is 2.12. The third-order valence-electron chi connectivity index (χ3n) is 3.49. The van der Waals surface area contributed by atoms with Gasteiger partial charge in [0.05, 0.1) is 6.26 Å². The predicted molar refractivity (Wildman–Crippen MR) is 100 cm³/mol. The van der Waals surface area contributed by atoms with E-state index < -0.39 is 10.0 Å². The van der Waals surface area contributed by atoms with Crippen molar-refractivity contribution in [1.82, 2.24) is 25.5 Å². The zero-order valence-electron chi connectivity index (χ0n) is 14.5. The third kappa shape index (κ3) is 5.61. The molecule has 1 heterocycles. The topological polar surface area (TPSA) is 119 Å². The fraction of sp³-hybridized carbons (Fsp3) is 0.176. The SMILES string of the molecule is CS(=O)(=O)Nc1cccc(CNC(=O)Cn2nnc(-c3ccccc3)n2)c1. The Hall–Kier alpha value is -3.27. The molecule has 27 heavy (non-hydrogen) atoms. The molecule has 3 aromatic rings. The lowest BCUT2D eigenvalue weighted by molar-refractivity contribution is -0.122. The molecule has 0 bridgehead atoms. The smallest absolute Gasteiger partial charge is 0.243 e. The Labute approximate surface area is 156 Å². The molecule has 0 spiro atoms. The second-order valence-electron chi connectivity index (χ2n) is 5.86. The minimum Gasteiger partial charge on any atom is -0.350 e. The van der Waals surface area contributed by atoms with Crippen LogP contribution in [-0.4, -0.2) is 40.8 Å². The lowest BCUT2D eigenvalue weighted by Crippen LogP contribution is -2.28. The molecular weight excluding hydrogens is 368 g/mol. The highest BCUT2D eigenvalue weighted by molar-refractivity contribution is 7.92. The molecular formula is C17H18N6O3S. The molecule has 0 radical (unpaired) electrons. The van der Waals surface area contributed by atoms with Crippen molar-refractivity contribution in [3.05, 3.63) is 60.2 Å². The number of nitrogens with one attached hydrogen (secondary N) is 2. The number of tetrazole rings is 1. The van der Waals surface area contributed by atoms with Crippen molar-refractivity contribution in [3.8, 4) is 11.4 Å². The molecule has 0 aliphatic carbocycles. The van der Waals surface area contributed by atoms with Gasteiger partial charge < -0.3 is 5.32 Å². The minimum atomic E-state index is -3.35. The molecule has 0 unspecified atom stereocenters. The van der Waals surface area contributed by atoms with Gasteiger partial charge in [-0.15, -0.1) is 10.2 Å². The zero-order valence-corrected chi connectivity index (χ0v) is 15.3. The van der Waals surface area contributed by atoms with Gasteiger partial charge in [0, 0.05) is 17.8 Å². The average molecular weight is 386 g/mol. The van der Waals surface area contributed by atoms with Crippen molar-refractivity contribution in [1.29, 1.82) is 0 Å². The highest BCUT2D eigenvalue weighted by Gasteiger charge is 2.09. The minimum absolute atomic E-state index is 0.0683. The van der Waals surface area contributed by atoms with Crippen molar-refractivity contribution < 1.29 is 13.2 Å². The van der Waals surface area contributed by atoms with Gasteiger partial charge in [-0.05, 0) is 22.9 Å². The number of carbonyl (C=O) groups is 1. The highest BCUT2D eigenvalue weighted by atomic mass is 32.2. The molecule has 10 heteroatoms. The van der Waals surface area contributed by atoms with E-state index >= 15 is 0 Å². The lowest BCUT2D eigenvalue weighted by Gasteiger charge is -2.08. The Bertz CT molecular complexity index is 1030. The normalized spacial score (nSPS) is 11.1. The van der Waals surface area contributed by atoms with E-state index in [1.165, 1.54) is 4.80 Å². The molecule has 0 aliphatic rings. The van der Waals surface area contributed by atoms with Crippen LogP contribution in [-0.2, 0) is 27.9 Å². The monoisotopic (exact) mass is 386 g/mol. The molecule has 0 saturated carbocycles. The number of aromatic nitrogens is 4. The van der Waals surface area contributed by atoms with Crippen LogP contribution in [0.4, 0.5) is 5.69 Å². The number of amides is 1. The Morgan fingerprint density at radius 3 is 2.63 bits per heavy atom. The van der Waals surface area contributed by atoms with Gasteiger partial charge >= 0.3 is 0 Å². The largest absolute Gasteiger partial charge is 0.350 e. The zero-order chi connectivity index (χ0) is 19.3. The molecule has 9 nitrogen and oxygen atoms in total. The number of benzene rings is 2. The van der Waals surface area contributed by atoms with Crippen LogP contribution in [0.25, 0.3) is 11.4 Å². The summed E-state index contributed by atoms with van der Waals surface area (Å²) in [6, 6.07) is 16.1. The number of carbonyl (C=O) groups excluding carboxylic acids is 1. The Morgan fingerprint density at radius 1 is 1.11 bits per heavy atom. The third-order valence-corrected chi connectivity index (χ3v) is 4.10. The predicted octanol–water partition coefficient (Wildman–Crippen LogP) is 1.03. The maximum absolute atomic E-state index is 12.1. The van der Waals surface area contributed by atoms with Gasteiger partial charge in [0.25, 0.3) is 0 Å². The maximum atomic E-state index is 12.1. The van der Waals surface area contributed by atoms with Crippen LogP contribution >= 0.6 is 0 Å². The molecule has 0 saturated heterocycles. The van der Waals surface area contributed by atoms with Crippen LogP contribution in [0.15, 0.2) is 54.6 Å². The Morgan fingerprint density at radius 2 is 1.89 bits per heavy atom. The molecule has 3 rings (SSSR count). The van der Waals surface area contributed by atoms with Crippen molar-refractivity contribution in [3.63, 3.8) is 0 Å². The first-order valence-corrected chi connectivity index (χ1v) is 9.95. The standard InChI is InChI=1S/C17H18N6O3S/c1-27(25,26)21-15-9-5-6-13(10-15)11-18-16(24)12-23-20-17(19-22-23)14-7-3-2-4-8-14/h2-10,21H,11-12H2,1H3,(H,18,24). The van der Waals surface area contributed by atoms with Gasteiger partial charge in [-0.1, -0.05) is 42.5 Å². The summed E-state index contributed by atoms with van der Waals surface area (Å²) in [6.45, 7) is 0.180. The van der Waals surface area contributed by atoms with E-state index in [2.05, 4.69) is 25.4 Å². The summed E-state index contributed by atoms with van der Waals surface area (Å²) < 4.78 is 25.0. The summed E-state index contributed by atoms with van der Waals surface area (Å²) in [6.07, 6.45) is 1.08. The first kappa shape index (κ1) is 18.5. The molecule has 0 fully saturated rings. The van der Waals surface area contributed by atoms with Gasteiger partial charge in [0.15, 0.2) is 0 Å². The number of nitrogens with zero attached hydrogens (tertiary/aromatic N) is 4. The molecule has 1 aromatic heterocycles. The lowest BCUT2D eigenvalue weighted by atomic mass is 10.2. The fourth-order valence-corrected chi connectivity index (χ4v) is 2.91. The number of sulfonamides is 1. The van der Waals surface area contributed by atoms with Crippen LogP contribution in [0, 0.1) is 0 Å². The quantitative estimate of drug-likeness (QED) is 0.626. The molecule has 1 amide bonds. The van der Waals surface area contributed by atoms with Crippen molar-refractivity contribution in [2.24, 2.45) is 0 Å². The average Bonchev–Trinajstić information content (AvgIpc) is 3.08. The van der Waals surface area contributed by atoms with Crippen LogP contribution in [0.3, 0.4) is 0 Å². The molecule has 0 aliphatic heterocycles. The summed E-state index contributed by atoms with van der Waals surface area (Å²) in [4.78, 5) is 13.3. The van der Waals surface area contributed by atoms with Gasteiger partial charge in [0.2, 0.25) is 21.8 Å². The Balaban J connectivity index is 1.56. The first-order valence-electron chi connectivity index (χ1n) is 8.06. The van der Waals surface area contributed by atoms with Crippen molar-refractivity contribution in [2.45, 2.75) is 13.1 Å². The molecule has 0 atom stereocenters. The van der Waals surface area contributed by atoms with E-state index in [0.29, 0.717) is 11.5 Å². The summed E-state index contributed by atoms with van der Waals surface area (Å²) in [5.41, 5.74) is 2.02. The van der Waals surface area contributed by atoms with Gasteiger partial charge in [0.1, 0.15) is 6.54 Å². The fourth-order valence-electron chi connectivity index (χ4n) is 2.36. The van der Waals surface area contributed by atoms with Gasteiger partial charge in [-0.3, -0.25) is 9.52 Å². The summed E-state index contributed by atoms with van der Waals surface area (Å²) in [5.74, 6) is 0.163. The first-order chi connectivity index (χ1) is 12.9. The van der Waals surface area contributed by atoms with E-state index in [9.17, 15) is 13.2 Å². The number of rotatable bonds is 7. The second-order valence-corrected chi connectivity index (χ2v) is 7.61. The van der Waals surface area contributed by atoms with Crippen LogP contribution < -0.4 is 10.0 Å². The van der Waals surface area contributed by atoms with E-state index in [1.54, 1.807) is 24.3 Å². The summed E-state index contributed by atoms with van der Waals surface area (Å²) in [7, 11) is -3.35. The van der Waals surface area contributed by atoms with Gasteiger partial charge in [-0.25, -0.2) is 8.42 Å². The van der Waals surface area contributed by atoms with Crippen molar-refractivity contribution >= 4 is 21.6 Å². The van der Waals surface area contributed by atoms with E-state index in [0.717, 1.165) is 17.4 Å². The van der Waals surface area contributed by atoms with Gasteiger partial charge in [-0.2, -0.15) is 4.80 Å². The number of anilines is 1. The van der Waals surface area contributed by atoms with E-state index in [-0.39, 0.29) is 19.0 Å². The maximum Gasteiger partial charge on any atom is 0.243 e. The van der Waals surface area contributed by atoms with E-state index in [1.807, 2.05) is 30.3 Å². The number of hydrogen-bond donors (Lipinski definition) is 2. The molecule has 140 valence electrons. The van der Waals surface area contributed by atoms with Crippen LogP contribution in [0.1, 0.15) is 5.56 Å². The van der Waals surface area contributed by atoms with E-state index in [4.69, 9.17) is 0 Å². The van der Waals surface area contributed by atoms with Crippen molar-refractivity contribution in [2.75, 3.05) is 11.0 Å². The second kappa shape index (κ2) is 7.96. The summed E-state index contributed by atoms with van der Waals surface area (Å²) >= 11 is 0.